The molecule has 0 heterocycles. The average molecular weight is 415 g/mol. The van der Waals surface area contributed by atoms with Gasteiger partial charge in [-0.05, 0) is 48.3 Å². The van der Waals surface area contributed by atoms with Crippen LogP contribution in [-0.4, -0.2) is 0 Å². The van der Waals surface area contributed by atoms with Gasteiger partial charge in [-0.25, -0.2) is 0 Å². The minimum absolute atomic E-state index is 0.580. The van der Waals surface area contributed by atoms with Gasteiger partial charge in [-0.1, -0.05) is 67.2 Å². The number of hydrogen-bond donors (Lipinski definition) is 0. The molecule has 0 bridgehead atoms. The summed E-state index contributed by atoms with van der Waals surface area (Å²) in [5.41, 5.74) is 1.16. The Morgan fingerprint density at radius 3 is 0.905 bits per heavy atom. The molecule has 0 aromatic heterocycles. The molecular formula is C18H36Cl2Zr. The van der Waals surface area contributed by atoms with E-state index < -0.39 is 20.8 Å². The Morgan fingerprint density at radius 1 is 0.619 bits per heavy atom. The number of rotatable bonds is 0. The maximum absolute atomic E-state index is 4.93. The van der Waals surface area contributed by atoms with Gasteiger partial charge >= 0.3 is 37.9 Å². The van der Waals surface area contributed by atoms with Crippen LogP contribution in [0.5, 0.6) is 0 Å². The maximum atomic E-state index is 4.93. The Labute approximate surface area is 152 Å². The first-order valence-electron chi connectivity index (χ1n) is 8.59. The van der Waals surface area contributed by atoms with Crippen molar-refractivity contribution >= 4 is 17.0 Å². The molecule has 0 spiro atoms. The zero-order chi connectivity index (χ0) is 16.5. The zero-order valence-electron chi connectivity index (χ0n) is 15.1. The molecule has 0 aromatic rings. The predicted molar refractivity (Wildman–Crippen MR) is 94.5 cm³/mol. The molecule has 2 aliphatic rings. The van der Waals surface area contributed by atoms with Crippen LogP contribution in [0, 0.1) is 22.7 Å². The molecule has 0 saturated heterocycles. The molecule has 0 atom stereocenters. The fourth-order valence-electron chi connectivity index (χ4n) is 3.58. The van der Waals surface area contributed by atoms with Crippen LogP contribution in [0.3, 0.4) is 0 Å². The zero-order valence-corrected chi connectivity index (χ0v) is 19.0. The molecule has 0 nitrogen and oxygen atoms in total. The molecular weight excluding hydrogens is 378 g/mol. The van der Waals surface area contributed by atoms with Gasteiger partial charge in [0.1, 0.15) is 0 Å². The van der Waals surface area contributed by atoms with Gasteiger partial charge < -0.3 is 0 Å². The van der Waals surface area contributed by atoms with E-state index in [1.165, 1.54) is 51.4 Å². The summed E-state index contributed by atoms with van der Waals surface area (Å²) < 4.78 is 0. The Bertz CT molecular complexity index is 215. The summed E-state index contributed by atoms with van der Waals surface area (Å²) in [5.74, 6) is 2.02. The predicted octanol–water partition coefficient (Wildman–Crippen LogP) is 7.82. The van der Waals surface area contributed by atoms with Crippen LogP contribution in [0.15, 0.2) is 0 Å². The van der Waals surface area contributed by atoms with Crippen molar-refractivity contribution in [2.45, 2.75) is 92.9 Å². The van der Waals surface area contributed by atoms with Crippen LogP contribution in [0.2, 0.25) is 0 Å². The van der Waals surface area contributed by atoms with Crippen molar-refractivity contribution in [1.82, 2.24) is 0 Å². The van der Waals surface area contributed by atoms with Crippen molar-refractivity contribution < 1.29 is 20.8 Å². The molecule has 3 heteroatoms. The van der Waals surface area contributed by atoms with Gasteiger partial charge in [-0.15, -0.1) is 0 Å². The summed E-state index contributed by atoms with van der Waals surface area (Å²) in [6.45, 7) is 14.2. The summed E-state index contributed by atoms with van der Waals surface area (Å²) in [4.78, 5) is 0. The molecule has 0 amide bonds. The second kappa shape index (κ2) is 11.1. The summed E-state index contributed by atoms with van der Waals surface area (Å²) in [6, 6.07) is 0. The van der Waals surface area contributed by atoms with E-state index in [-0.39, 0.29) is 0 Å². The van der Waals surface area contributed by atoms with Crippen LogP contribution in [-0.2, 0) is 20.8 Å². The van der Waals surface area contributed by atoms with Crippen molar-refractivity contribution in [3.05, 3.63) is 0 Å². The molecule has 126 valence electrons. The Morgan fingerprint density at radius 2 is 0.810 bits per heavy atom. The molecule has 2 fully saturated rings. The third-order valence-corrected chi connectivity index (χ3v) is 5.16. The minimum atomic E-state index is -0.826. The monoisotopic (exact) mass is 412 g/mol. The van der Waals surface area contributed by atoms with Gasteiger partial charge in [0.2, 0.25) is 0 Å². The van der Waals surface area contributed by atoms with Gasteiger partial charge in [0.15, 0.2) is 0 Å². The standard InChI is InChI=1S/2C9H18.2ClH.Zr/c2*1-9(2,3)8-6-4-5-7-8;;;/h2*8H,4-7H2,1-3H3;2*1H;/q;;;;+2/p-2. The van der Waals surface area contributed by atoms with E-state index in [2.05, 4.69) is 41.5 Å². The fourth-order valence-corrected chi connectivity index (χ4v) is 3.58. The first kappa shape index (κ1) is 22.5. The molecule has 2 aliphatic carbocycles. The molecule has 21 heavy (non-hydrogen) atoms. The normalized spacial score (nSPS) is 20.4. The molecule has 0 unspecified atom stereocenters. The molecule has 0 aromatic carbocycles. The van der Waals surface area contributed by atoms with Gasteiger partial charge in [0, 0.05) is 0 Å². The van der Waals surface area contributed by atoms with E-state index in [4.69, 9.17) is 17.0 Å². The number of hydrogen-bond acceptors (Lipinski definition) is 0. The average Bonchev–Trinajstić information content (AvgIpc) is 3.03. The first-order valence-corrected chi connectivity index (χ1v) is 14.9. The van der Waals surface area contributed by atoms with E-state index in [9.17, 15) is 0 Å². The van der Waals surface area contributed by atoms with Gasteiger partial charge in [-0.2, -0.15) is 0 Å². The molecule has 2 saturated carbocycles. The van der Waals surface area contributed by atoms with Crippen molar-refractivity contribution in [2.24, 2.45) is 22.7 Å². The Hall–Kier alpha value is 1.46. The third-order valence-electron chi connectivity index (χ3n) is 5.16. The summed E-state index contributed by atoms with van der Waals surface area (Å²) >= 11 is -0.826. The Kier molecular flexibility index (Phi) is 11.9. The quantitative estimate of drug-likeness (QED) is 0.379. The van der Waals surface area contributed by atoms with Crippen molar-refractivity contribution in [3.8, 4) is 0 Å². The van der Waals surface area contributed by atoms with Crippen molar-refractivity contribution in [2.75, 3.05) is 0 Å². The summed E-state index contributed by atoms with van der Waals surface area (Å²) in [7, 11) is 9.87. The van der Waals surface area contributed by atoms with E-state index in [1.807, 2.05) is 0 Å². The van der Waals surface area contributed by atoms with Gasteiger partial charge in [0.25, 0.3) is 0 Å². The van der Waals surface area contributed by atoms with Crippen LogP contribution in [0.1, 0.15) is 92.9 Å². The van der Waals surface area contributed by atoms with Gasteiger partial charge in [-0.3, -0.25) is 0 Å². The van der Waals surface area contributed by atoms with Crippen LogP contribution in [0.25, 0.3) is 0 Å². The van der Waals surface area contributed by atoms with E-state index in [0.29, 0.717) is 10.8 Å². The molecule has 0 radical (unpaired) electrons. The van der Waals surface area contributed by atoms with Crippen molar-refractivity contribution in [1.29, 1.82) is 0 Å². The molecule has 0 N–H and O–H groups in total. The SMILES string of the molecule is CC(C)(C)C1CCCC1.CC(C)(C)C1CCCC1.[Cl][Zr][Cl]. The summed E-state index contributed by atoms with van der Waals surface area (Å²) in [5, 5.41) is 0. The second-order valence-electron chi connectivity index (χ2n) is 8.77. The molecule has 2 rings (SSSR count). The topological polar surface area (TPSA) is 0 Å². The van der Waals surface area contributed by atoms with Crippen LogP contribution < -0.4 is 0 Å². The Balaban J connectivity index is 0.000000322. The number of halogens is 2. The van der Waals surface area contributed by atoms with E-state index >= 15 is 0 Å². The van der Waals surface area contributed by atoms with Gasteiger partial charge in [0.05, 0.1) is 0 Å². The van der Waals surface area contributed by atoms with Crippen molar-refractivity contribution in [3.63, 3.8) is 0 Å². The summed E-state index contributed by atoms with van der Waals surface area (Å²) in [6.07, 6.45) is 11.8. The third kappa shape index (κ3) is 10.8. The van der Waals surface area contributed by atoms with E-state index in [0.717, 1.165) is 11.8 Å². The van der Waals surface area contributed by atoms with Crippen LogP contribution in [0.4, 0.5) is 0 Å². The van der Waals surface area contributed by atoms with Crippen LogP contribution >= 0.6 is 17.0 Å². The van der Waals surface area contributed by atoms with E-state index in [1.54, 1.807) is 0 Å². The first-order chi connectivity index (χ1) is 9.62. The molecule has 0 aliphatic heterocycles. The fraction of sp³-hybridized carbons (Fsp3) is 1.00. The second-order valence-corrected chi connectivity index (χ2v) is 12.5.